The molecular formula is C21H17NO5. The lowest BCUT2D eigenvalue weighted by atomic mass is 10.1. The largest absolute Gasteiger partial charge is 0.508 e. The number of allylic oxidation sites excluding steroid dienone is 1. The molecule has 0 unspecified atom stereocenters. The van der Waals surface area contributed by atoms with Gasteiger partial charge in [-0.3, -0.25) is 9.59 Å². The van der Waals surface area contributed by atoms with Crippen LogP contribution in [-0.2, 0) is 20.9 Å². The molecule has 136 valence electrons. The highest BCUT2D eigenvalue weighted by molar-refractivity contribution is 6.37. The molecule has 6 nitrogen and oxygen atoms in total. The Hall–Kier alpha value is -3.67. The number of hydrogen-bond donors (Lipinski definition) is 2. The van der Waals surface area contributed by atoms with Gasteiger partial charge in [0.25, 0.3) is 0 Å². The molecule has 0 aliphatic rings. The number of aromatic nitrogens is 1. The van der Waals surface area contributed by atoms with Crippen LogP contribution in [-0.4, -0.2) is 32.3 Å². The molecule has 0 bridgehead atoms. The summed E-state index contributed by atoms with van der Waals surface area (Å²) in [4.78, 5) is 33.5. The summed E-state index contributed by atoms with van der Waals surface area (Å²) in [7, 11) is 0. The number of phenols is 1. The summed E-state index contributed by atoms with van der Waals surface area (Å²) in [6.45, 7) is 0.583. The van der Waals surface area contributed by atoms with Crippen LogP contribution in [0.25, 0.3) is 17.0 Å². The van der Waals surface area contributed by atoms with Crippen LogP contribution in [0.4, 0.5) is 0 Å². The minimum atomic E-state index is -1.61. The highest BCUT2D eigenvalue weighted by Crippen LogP contribution is 2.24. The number of hydrogen-bond acceptors (Lipinski definition) is 4. The first-order chi connectivity index (χ1) is 12.9. The first-order valence-electron chi connectivity index (χ1n) is 8.27. The molecule has 0 fully saturated rings. The van der Waals surface area contributed by atoms with E-state index in [0.29, 0.717) is 6.54 Å². The van der Waals surface area contributed by atoms with Crippen molar-refractivity contribution in [2.45, 2.75) is 13.0 Å². The monoisotopic (exact) mass is 363 g/mol. The van der Waals surface area contributed by atoms with Crippen LogP contribution in [0.5, 0.6) is 5.75 Å². The maximum atomic E-state index is 11.8. The van der Waals surface area contributed by atoms with Gasteiger partial charge in [0.05, 0.1) is 6.42 Å². The number of ketones is 2. The number of benzene rings is 2. The van der Waals surface area contributed by atoms with Crippen molar-refractivity contribution in [1.29, 1.82) is 0 Å². The summed E-state index contributed by atoms with van der Waals surface area (Å²) >= 11 is 0. The van der Waals surface area contributed by atoms with Gasteiger partial charge in [0, 0.05) is 29.2 Å². The number of rotatable bonds is 7. The predicted octanol–water partition coefficient (Wildman–Crippen LogP) is 3.02. The number of aromatic hydroxyl groups is 1. The average Bonchev–Trinajstić information content (AvgIpc) is 2.99. The second-order valence-corrected chi connectivity index (χ2v) is 6.10. The van der Waals surface area contributed by atoms with Crippen LogP contribution in [0, 0.1) is 0 Å². The van der Waals surface area contributed by atoms with Crippen LogP contribution < -0.4 is 0 Å². The van der Waals surface area contributed by atoms with Crippen molar-refractivity contribution >= 4 is 34.5 Å². The van der Waals surface area contributed by atoms with Gasteiger partial charge < -0.3 is 14.8 Å². The summed E-state index contributed by atoms with van der Waals surface area (Å²) in [5.74, 6) is -3.09. The standard InChI is InChI=1S/C21H17NO5/c23-16-8-5-14(6-9-16)12-22-13-15(18-3-1-2-4-19(18)22)7-10-17(24)11-20(25)21(26)27/h1-10,13,23H,11-12H2,(H,26,27)/b10-7+. The van der Waals surface area contributed by atoms with E-state index in [0.717, 1.165) is 22.0 Å². The normalized spacial score (nSPS) is 11.1. The molecule has 0 radical (unpaired) electrons. The van der Waals surface area contributed by atoms with Gasteiger partial charge in [0.2, 0.25) is 5.78 Å². The number of para-hydroxylation sites is 1. The van der Waals surface area contributed by atoms with Gasteiger partial charge in [-0.05, 0) is 35.9 Å². The van der Waals surface area contributed by atoms with Crippen molar-refractivity contribution in [2.75, 3.05) is 0 Å². The molecule has 27 heavy (non-hydrogen) atoms. The van der Waals surface area contributed by atoms with Crippen molar-refractivity contribution in [3.8, 4) is 5.75 Å². The fourth-order valence-electron chi connectivity index (χ4n) is 2.81. The summed E-state index contributed by atoms with van der Waals surface area (Å²) in [6.07, 6.45) is 4.05. The lowest BCUT2D eigenvalue weighted by Crippen LogP contribution is -2.15. The Morgan fingerprint density at radius 3 is 2.41 bits per heavy atom. The van der Waals surface area contributed by atoms with Gasteiger partial charge in [-0.15, -0.1) is 0 Å². The van der Waals surface area contributed by atoms with Gasteiger partial charge in [-0.1, -0.05) is 30.3 Å². The van der Waals surface area contributed by atoms with Crippen molar-refractivity contribution < 1.29 is 24.6 Å². The lowest BCUT2D eigenvalue weighted by Gasteiger charge is -2.05. The quantitative estimate of drug-likeness (QED) is 0.382. The van der Waals surface area contributed by atoms with Gasteiger partial charge in [-0.25, -0.2) is 4.79 Å². The zero-order valence-corrected chi connectivity index (χ0v) is 14.3. The van der Waals surface area contributed by atoms with Crippen LogP contribution in [0.3, 0.4) is 0 Å². The van der Waals surface area contributed by atoms with Gasteiger partial charge in [0.1, 0.15) is 5.75 Å². The number of carboxylic acid groups (broad SMARTS) is 1. The van der Waals surface area contributed by atoms with Crippen LogP contribution in [0.1, 0.15) is 17.5 Å². The van der Waals surface area contributed by atoms with Crippen molar-refractivity contribution in [1.82, 2.24) is 4.57 Å². The molecule has 1 aromatic heterocycles. The van der Waals surface area contributed by atoms with E-state index >= 15 is 0 Å². The maximum absolute atomic E-state index is 11.8. The number of aliphatic carboxylic acids is 1. The van der Waals surface area contributed by atoms with Crippen LogP contribution >= 0.6 is 0 Å². The van der Waals surface area contributed by atoms with Gasteiger partial charge >= 0.3 is 5.97 Å². The molecule has 0 saturated heterocycles. The minimum Gasteiger partial charge on any atom is -0.508 e. The molecule has 0 amide bonds. The molecular weight excluding hydrogens is 346 g/mol. The summed E-state index contributed by atoms with van der Waals surface area (Å²) in [5, 5.41) is 18.9. The Bertz CT molecular complexity index is 1040. The number of Topliss-reactive ketones (excluding diaryl/α,β-unsaturated/α-hetero) is 1. The van der Waals surface area contributed by atoms with Gasteiger partial charge in [0.15, 0.2) is 5.78 Å². The average molecular weight is 363 g/mol. The van der Waals surface area contributed by atoms with E-state index in [4.69, 9.17) is 5.11 Å². The number of carbonyl (C=O) groups is 3. The second kappa shape index (κ2) is 7.70. The summed E-state index contributed by atoms with van der Waals surface area (Å²) in [6, 6.07) is 14.6. The second-order valence-electron chi connectivity index (χ2n) is 6.10. The Labute approximate surface area is 155 Å². The molecule has 1 heterocycles. The van der Waals surface area contributed by atoms with Crippen molar-refractivity contribution in [3.05, 3.63) is 71.9 Å². The lowest BCUT2D eigenvalue weighted by molar-refractivity contribution is -0.149. The Kier molecular flexibility index (Phi) is 5.17. The highest BCUT2D eigenvalue weighted by Gasteiger charge is 2.14. The fourth-order valence-corrected chi connectivity index (χ4v) is 2.81. The van der Waals surface area contributed by atoms with Crippen molar-refractivity contribution in [3.63, 3.8) is 0 Å². The number of carbonyl (C=O) groups excluding carboxylic acids is 2. The number of carboxylic acids is 1. The number of fused-ring (bicyclic) bond motifs is 1. The maximum Gasteiger partial charge on any atom is 0.372 e. The van der Waals surface area contributed by atoms with E-state index in [9.17, 15) is 19.5 Å². The van der Waals surface area contributed by atoms with E-state index in [1.165, 1.54) is 6.08 Å². The Morgan fingerprint density at radius 1 is 1.00 bits per heavy atom. The number of nitrogens with zero attached hydrogens (tertiary/aromatic N) is 1. The number of phenolic OH excluding ortho intramolecular Hbond substituents is 1. The molecule has 2 aromatic carbocycles. The Morgan fingerprint density at radius 2 is 1.70 bits per heavy atom. The van der Waals surface area contributed by atoms with Gasteiger partial charge in [-0.2, -0.15) is 0 Å². The fraction of sp³-hybridized carbons (Fsp3) is 0.0952. The molecule has 2 N–H and O–H groups in total. The van der Waals surface area contributed by atoms with Crippen molar-refractivity contribution in [2.24, 2.45) is 0 Å². The van der Waals surface area contributed by atoms with E-state index < -0.39 is 24.0 Å². The zero-order chi connectivity index (χ0) is 19.4. The van der Waals surface area contributed by atoms with E-state index in [1.54, 1.807) is 18.2 Å². The predicted molar refractivity (Wildman–Crippen MR) is 100 cm³/mol. The Balaban J connectivity index is 1.87. The molecule has 0 saturated carbocycles. The molecule has 0 aliphatic carbocycles. The molecule has 0 aliphatic heterocycles. The van der Waals surface area contributed by atoms with E-state index in [-0.39, 0.29) is 5.75 Å². The highest BCUT2D eigenvalue weighted by atomic mass is 16.4. The van der Waals surface area contributed by atoms with E-state index in [2.05, 4.69) is 0 Å². The topological polar surface area (TPSA) is 96.6 Å². The van der Waals surface area contributed by atoms with Crippen LogP contribution in [0.15, 0.2) is 60.8 Å². The third kappa shape index (κ3) is 4.30. The van der Waals surface area contributed by atoms with E-state index in [1.807, 2.05) is 47.2 Å². The summed E-state index contributed by atoms with van der Waals surface area (Å²) < 4.78 is 2.02. The van der Waals surface area contributed by atoms with Crippen LogP contribution in [0.2, 0.25) is 0 Å². The smallest absolute Gasteiger partial charge is 0.372 e. The first kappa shape index (κ1) is 18.1. The molecule has 0 atom stereocenters. The third-order valence-electron chi connectivity index (χ3n) is 4.13. The first-order valence-corrected chi connectivity index (χ1v) is 8.27. The minimum absolute atomic E-state index is 0.203. The molecule has 3 rings (SSSR count). The summed E-state index contributed by atoms with van der Waals surface area (Å²) in [5.41, 5.74) is 2.77. The third-order valence-corrected chi connectivity index (χ3v) is 4.13. The SMILES string of the molecule is O=C(/C=C/c1cn(Cc2ccc(O)cc2)c2ccccc12)CC(=O)C(=O)O. The molecule has 0 spiro atoms. The molecule has 6 heteroatoms. The molecule has 3 aromatic rings. The zero-order valence-electron chi connectivity index (χ0n) is 14.3.